The fourth-order valence-corrected chi connectivity index (χ4v) is 1.70. The van der Waals surface area contributed by atoms with E-state index in [0.29, 0.717) is 6.61 Å². The summed E-state index contributed by atoms with van der Waals surface area (Å²) < 4.78 is 10.1. The minimum atomic E-state index is -0.537. The van der Waals surface area contributed by atoms with Crippen LogP contribution in [0, 0.1) is 0 Å². The Balaban J connectivity index is 2.35. The number of carbonyl (C=O) groups excluding carboxylic acids is 1. The molecule has 0 aliphatic carbocycles. The molecule has 1 aliphatic rings. The first-order chi connectivity index (χ1) is 6.83. The van der Waals surface area contributed by atoms with Crippen LogP contribution in [0.4, 0.5) is 0 Å². The molecule has 14 heavy (non-hydrogen) atoms. The van der Waals surface area contributed by atoms with Crippen LogP contribution in [0.2, 0.25) is 0 Å². The zero-order valence-corrected chi connectivity index (χ0v) is 8.03. The van der Waals surface area contributed by atoms with E-state index in [1.165, 1.54) is 12.7 Å². The SMILES string of the molecule is COC(=O)[C@H]1OCCc2ccccc21. The van der Waals surface area contributed by atoms with Crippen molar-refractivity contribution in [1.29, 1.82) is 0 Å². The number of hydrogen-bond donors (Lipinski definition) is 0. The van der Waals surface area contributed by atoms with Crippen LogP contribution in [0.25, 0.3) is 0 Å². The van der Waals surface area contributed by atoms with Crippen molar-refractivity contribution in [1.82, 2.24) is 0 Å². The van der Waals surface area contributed by atoms with Crippen molar-refractivity contribution in [3.05, 3.63) is 35.4 Å². The van der Waals surface area contributed by atoms with Gasteiger partial charge in [0.1, 0.15) is 0 Å². The minimum Gasteiger partial charge on any atom is -0.467 e. The summed E-state index contributed by atoms with van der Waals surface area (Å²) in [4.78, 5) is 11.4. The van der Waals surface area contributed by atoms with E-state index in [1.54, 1.807) is 0 Å². The highest BCUT2D eigenvalue weighted by Crippen LogP contribution is 2.27. The summed E-state index contributed by atoms with van der Waals surface area (Å²) in [6.07, 6.45) is 0.328. The lowest BCUT2D eigenvalue weighted by Gasteiger charge is -2.23. The molecular weight excluding hydrogens is 180 g/mol. The second-order valence-electron chi connectivity index (χ2n) is 3.22. The number of ether oxygens (including phenoxy) is 2. The molecule has 0 spiro atoms. The van der Waals surface area contributed by atoms with Crippen LogP contribution in [0.15, 0.2) is 24.3 Å². The van der Waals surface area contributed by atoms with E-state index < -0.39 is 6.10 Å². The molecule has 0 aromatic heterocycles. The third-order valence-electron chi connectivity index (χ3n) is 2.41. The standard InChI is InChI=1S/C11H12O3/c1-13-11(12)10-9-5-3-2-4-8(9)6-7-14-10/h2-5,10H,6-7H2,1H3/t10-/m0/s1. The van der Waals surface area contributed by atoms with Crippen LogP contribution in [0.1, 0.15) is 17.2 Å². The molecule has 0 N–H and O–H groups in total. The fraction of sp³-hybridized carbons (Fsp3) is 0.364. The lowest BCUT2D eigenvalue weighted by atomic mass is 9.98. The lowest BCUT2D eigenvalue weighted by Crippen LogP contribution is -2.24. The van der Waals surface area contributed by atoms with Crippen LogP contribution in [-0.2, 0) is 20.7 Å². The average molecular weight is 192 g/mol. The van der Waals surface area contributed by atoms with Gasteiger partial charge in [-0.2, -0.15) is 0 Å². The highest BCUT2D eigenvalue weighted by molar-refractivity contribution is 5.77. The van der Waals surface area contributed by atoms with Gasteiger partial charge in [-0.15, -0.1) is 0 Å². The van der Waals surface area contributed by atoms with Gasteiger partial charge in [0, 0.05) is 0 Å². The van der Waals surface area contributed by atoms with Crippen molar-refractivity contribution < 1.29 is 14.3 Å². The predicted octanol–water partition coefficient (Wildman–Crippen LogP) is 1.47. The number of methoxy groups -OCH3 is 1. The maximum atomic E-state index is 11.4. The quantitative estimate of drug-likeness (QED) is 0.632. The molecule has 0 amide bonds. The molecule has 3 heteroatoms. The third-order valence-corrected chi connectivity index (χ3v) is 2.41. The zero-order chi connectivity index (χ0) is 9.97. The molecule has 0 radical (unpaired) electrons. The van der Waals surface area contributed by atoms with E-state index in [0.717, 1.165) is 12.0 Å². The summed E-state index contributed by atoms with van der Waals surface area (Å²) in [5.74, 6) is -0.322. The molecule has 0 saturated carbocycles. The van der Waals surface area contributed by atoms with E-state index in [2.05, 4.69) is 4.74 Å². The predicted molar refractivity (Wildman–Crippen MR) is 50.9 cm³/mol. The van der Waals surface area contributed by atoms with E-state index in [4.69, 9.17) is 4.74 Å². The Morgan fingerprint density at radius 1 is 1.50 bits per heavy atom. The Hall–Kier alpha value is -1.35. The Kier molecular flexibility index (Phi) is 2.50. The molecule has 0 bridgehead atoms. The first-order valence-electron chi connectivity index (χ1n) is 4.60. The van der Waals surface area contributed by atoms with E-state index >= 15 is 0 Å². The van der Waals surface area contributed by atoms with Gasteiger partial charge in [0.05, 0.1) is 13.7 Å². The number of fused-ring (bicyclic) bond motifs is 1. The first-order valence-corrected chi connectivity index (χ1v) is 4.60. The number of esters is 1. The van der Waals surface area contributed by atoms with Gasteiger partial charge in [-0.25, -0.2) is 4.79 Å². The van der Waals surface area contributed by atoms with Crippen LogP contribution in [0.5, 0.6) is 0 Å². The maximum Gasteiger partial charge on any atom is 0.339 e. The second kappa shape index (κ2) is 3.80. The molecular formula is C11H12O3. The molecule has 1 atom stereocenters. The normalized spacial score (nSPS) is 19.9. The van der Waals surface area contributed by atoms with Crippen molar-refractivity contribution in [2.45, 2.75) is 12.5 Å². The Morgan fingerprint density at radius 3 is 3.07 bits per heavy atom. The van der Waals surface area contributed by atoms with Crippen LogP contribution < -0.4 is 0 Å². The Morgan fingerprint density at radius 2 is 2.29 bits per heavy atom. The molecule has 1 aliphatic heterocycles. The summed E-state index contributed by atoms with van der Waals surface area (Å²) in [7, 11) is 1.38. The summed E-state index contributed by atoms with van der Waals surface area (Å²) in [6, 6.07) is 7.81. The second-order valence-corrected chi connectivity index (χ2v) is 3.22. The van der Waals surface area contributed by atoms with Crippen molar-refractivity contribution in [2.24, 2.45) is 0 Å². The first kappa shape index (κ1) is 9.21. The highest BCUT2D eigenvalue weighted by Gasteiger charge is 2.27. The van der Waals surface area contributed by atoms with Gasteiger partial charge in [0.2, 0.25) is 0 Å². The van der Waals surface area contributed by atoms with Crippen LogP contribution >= 0.6 is 0 Å². The number of hydrogen-bond acceptors (Lipinski definition) is 3. The molecule has 1 aromatic carbocycles. The summed E-state index contributed by atoms with van der Waals surface area (Å²) in [6.45, 7) is 0.580. The summed E-state index contributed by atoms with van der Waals surface area (Å²) in [5, 5.41) is 0. The topological polar surface area (TPSA) is 35.5 Å². The Labute approximate surface area is 82.6 Å². The Bertz CT molecular complexity index is 346. The largest absolute Gasteiger partial charge is 0.467 e. The van der Waals surface area contributed by atoms with Gasteiger partial charge in [-0.3, -0.25) is 0 Å². The van der Waals surface area contributed by atoms with Gasteiger partial charge in [0.15, 0.2) is 6.10 Å². The number of carbonyl (C=O) groups is 1. The van der Waals surface area contributed by atoms with Crippen molar-refractivity contribution in [3.8, 4) is 0 Å². The fourth-order valence-electron chi connectivity index (χ4n) is 1.70. The molecule has 0 unspecified atom stereocenters. The van der Waals surface area contributed by atoms with Crippen molar-refractivity contribution >= 4 is 5.97 Å². The van der Waals surface area contributed by atoms with Gasteiger partial charge < -0.3 is 9.47 Å². The summed E-state index contributed by atoms with van der Waals surface area (Å²) in [5.41, 5.74) is 2.11. The molecule has 1 aromatic rings. The van der Waals surface area contributed by atoms with Crippen LogP contribution in [0.3, 0.4) is 0 Å². The molecule has 74 valence electrons. The third kappa shape index (κ3) is 1.51. The van der Waals surface area contributed by atoms with Gasteiger partial charge in [0.25, 0.3) is 0 Å². The van der Waals surface area contributed by atoms with E-state index in [1.807, 2.05) is 24.3 Å². The highest BCUT2D eigenvalue weighted by atomic mass is 16.6. The van der Waals surface area contributed by atoms with Crippen molar-refractivity contribution in [2.75, 3.05) is 13.7 Å². The van der Waals surface area contributed by atoms with Gasteiger partial charge >= 0.3 is 5.97 Å². The van der Waals surface area contributed by atoms with Gasteiger partial charge in [-0.05, 0) is 17.5 Å². The zero-order valence-electron chi connectivity index (χ0n) is 8.03. The smallest absolute Gasteiger partial charge is 0.339 e. The molecule has 1 heterocycles. The van der Waals surface area contributed by atoms with E-state index in [9.17, 15) is 4.79 Å². The molecule has 0 fully saturated rings. The number of rotatable bonds is 1. The summed E-state index contributed by atoms with van der Waals surface area (Å²) >= 11 is 0. The molecule has 0 saturated heterocycles. The van der Waals surface area contributed by atoms with Gasteiger partial charge in [-0.1, -0.05) is 24.3 Å². The van der Waals surface area contributed by atoms with Crippen molar-refractivity contribution in [3.63, 3.8) is 0 Å². The average Bonchev–Trinajstić information content (AvgIpc) is 2.27. The maximum absolute atomic E-state index is 11.4. The molecule has 3 nitrogen and oxygen atoms in total. The minimum absolute atomic E-state index is 0.322. The lowest BCUT2D eigenvalue weighted by molar-refractivity contribution is -0.155. The molecule has 2 rings (SSSR count). The number of benzene rings is 1. The van der Waals surface area contributed by atoms with Crippen LogP contribution in [-0.4, -0.2) is 19.7 Å². The monoisotopic (exact) mass is 192 g/mol. The van der Waals surface area contributed by atoms with E-state index in [-0.39, 0.29) is 5.97 Å².